The quantitative estimate of drug-likeness (QED) is 0.851. The normalized spacial score (nSPS) is 15.4. The van der Waals surface area contributed by atoms with Gasteiger partial charge in [-0.1, -0.05) is 24.3 Å². The van der Waals surface area contributed by atoms with Gasteiger partial charge in [0, 0.05) is 43.9 Å². The Morgan fingerprint density at radius 2 is 1.88 bits per heavy atom. The van der Waals surface area contributed by atoms with E-state index in [-0.39, 0.29) is 5.91 Å². The number of halogens is 1. The molecule has 1 saturated heterocycles. The summed E-state index contributed by atoms with van der Waals surface area (Å²) >= 11 is 3.38. The van der Waals surface area contributed by atoms with Gasteiger partial charge >= 0.3 is 0 Å². The molecule has 0 radical (unpaired) electrons. The maximum Gasteiger partial charge on any atom is 0.268 e. The number of carbonyl (C=O) groups is 1. The van der Waals surface area contributed by atoms with E-state index < -0.39 is 0 Å². The fourth-order valence-electron chi connectivity index (χ4n) is 2.80. The molecule has 6 heteroatoms. The maximum atomic E-state index is 12.2. The molecule has 2 heterocycles. The highest BCUT2D eigenvalue weighted by Crippen LogP contribution is 2.14. The third-order valence-corrected chi connectivity index (χ3v) is 4.62. The summed E-state index contributed by atoms with van der Waals surface area (Å²) in [7, 11) is 1.86. The van der Waals surface area contributed by atoms with E-state index in [1.165, 1.54) is 5.56 Å². The second-order valence-corrected chi connectivity index (χ2v) is 6.96. The summed E-state index contributed by atoms with van der Waals surface area (Å²) in [5, 5.41) is 2.96. The molecule has 3 rings (SSSR count). The van der Waals surface area contributed by atoms with Crippen molar-refractivity contribution in [1.29, 1.82) is 0 Å². The molecule has 0 unspecified atom stereocenters. The van der Waals surface area contributed by atoms with Crippen molar-refractivity contribution in [2.75, 3.05) is 26.3 Å². The van der Waals surface area contributed by atoms with Crippen molar-refractivity contribution in [3.05, 3.63) is 57.8 Å². The van der Waals surface area contributed by atoms with Gasteiger partial charge in [0.05, 0.1) is 13.2 Å². The summed E-state index contributed by atoms with van der Waals surface area (Å²) < 4.78 is 8.09. The highest BCUT2D eigenvalue weighted by atomic mass is 79.9. The number of hydrogen-bond donors (Lipinski definition) is 1. The lowest BCUT2D eigenvalue weighted by molar-refractivity contribution is 0.0342. The third kappa shape index (κ3) is 4.47. The van der Waals surface area contributed by atoms with E-state index in [1.807, 2.05) is 23.9 Å². The van der Waals surface area contributed by atoms with Crippen LogP contribution in [0.1, 0.15) is 21.6 Å². The van der Waals surface area contributed by atoms with Gasteiger partial charge in [0.25, 0.3) is 5.91 Å². The number of carbonyl (C=O) groups excluding carboxylic acids is 1. The first-order chi connectivity index (χ1) is 11.6. The van der Waals surface area contributed by atoms with Crippen LogP contribution in [-0.4, -0.2) is 41.7 Å². The fraction of sp³-hybridized carbons (Fsp3) is 0.389. The molecule has 1 N–H and O–H groups in total. The average Bonchev–Trinajstić information content (AvgIpc) is 2.93. The zero-order valence-corrected chi connectivity index (χ0v) is 15.4. The van der Waals surface area contributed by atoms with Gasteiger partial charge in [-0.3, -0.25) is 9.69 Å². The van der Waals surface area contributed by atoms with Crippen molar-refractivity contribution in [2.45, 2.75) is 13.1 Å². The minimum Gasteiger partial charge on any atom is -0.379 e. The highest BCUT2D eigenvalue weighted by molar-refractivity contribution is 9.10. The zero-order chi connectivity index (χ0) is 16.9. The van der Waals surface area contributed by atoms with E-state index in [4.69, 9.17) is 4.74 Å². The van der Waals surface area contributed by atoms with Crippen LogP contribution in [0.4, 0.5) is 0 Å². The molecule has 0 spiro atoms. The molecule has 0 saturated carbocycles. The molecule has 1 aliphatic rings. The van der Waals surface area contributed by atoms with Crippen molar-refractivity contribution >= 4 is 21.8 Å². The van der Waals surface area contributed by atoms with Gasteiger partial charge in [-0.25, -0.2) is 0 Å². The van der Waals surface area contributed by atoms with Gasteiger partial charge in [-0.05, 0) is 33.1 Å². The van der Waals surface area contributed by atoms with Gasteiger partial charge in [0.2, 0.25) is 0 Å². The van der Waals surface area contributed by atoms with E-state index in [0.29, 0.717) is 12.2 Å². The number of rotatable bonds is 5. The number of morpholine rings is 1. The summed E-state index contributed by atoms with van der Waals surface area (Å²) in [6.45, 7) is 5.10. The summed E-state index contributed by atoms with van der Waals surface area (Å²) in [5.74, 6) is -0.0689. The lowest BCUT2D eigenvalue weighted by Gasteiger charge is -2.26. The Balaban J connectivity index is 1.52. The number of benzene rings is 1. The number of ether oxygens (including phenoxy) is 1. The van der Waals surface area contributed by atoms with Crippen LogP contribution >= 0.6 is 15.9 Å². The van der Waals surface area contributed by atoms with Crippen LogP contribution in [0, 0.1) is 0 Å². The van der Waals surface area contributed by atoms with Crippen LogP contribution in [0.2, 0.25) is 0 Å². The number of aromatic nitrogens is 1. The predicted octanol–water partition coefficient (Wildman–Crippen LogP) is 2.55. The first kappa shape index (κ1) is 17.2. The molecule has 0 aliphatic carbocycles. The lowest BCUT2D eigenvalue weighted by Crippen LogP contribution is -2.35. The van der Waals surface area contributed by atoms with Crippen LogP contribution < -0.4 is 5.32 Å². The topological polar surface area (TPSA) is 46.5 Å². The van der Waals surface area contributed by atoms with Crippen molar-refractivity contribution in [2.24, 2.45) is 7.05 Å². The average molecular weight is 392 g/mol. The Morgan fingerprint density at radius 1 is 1.21 bits per heavy atom. The minimum absolute atomic E-state index is 0.0689. The molecule has 0 atom stereocenters. The number of aryl methyl sites for hydroxylation is 1. The monoisotopic (exact) mass is 391 g/mol. The van der Waals surface area contributed by atoms with Gasteiger partial charge < -0.3 is 14.6 Å². The molecule has 1 aliphatic heterocycles. The molecule has 1 aromatic carbocycles. The standard InChI is InChI=1S/C18H22BrN3O2/c1-21-13-16(19)10-17(21)18(23)20-11-14-2-4-15(5-3-14)12-22-6-8-24-9-7-22/h2-5,10,13H,6-9,11-12H2,1H3,(H,20,23). The fourth-order valence-corrected chi connectivity index (χ4v) is 3.33. The molecule has 1 amide bonds. The van der Waals surface area contributed by atoms with Gasteiger partial charge in [0.1, 0.15) is 5.69 Å². The molecule has 24 heavy (non-hydrogen) atoms. The second-order valence-electron chi connectivity index (χ2n) is 6.04. The van der Waals surface area contributed by atoms with Gasteiger partial charge in [-0.2, -0.15) is 0 Å². The molecule has 2 aromatic rings. The summed E-state index contributed by atoms with van der Waals surface area (Å²) in [6.07, 6.45) is 1.87. The van der Waals surface area contributed by atoms with Crippen molar-refractivity contribution in [3.63, 3.8) is 0 Å². The second kappa shape index (κ2) is 7.96. The molecule has 5 nitrogen and oxygen atoms in total. The smallest absolute Gasteiger partial charge is 0.268 e. The Morgan fingerprint density at radius 3 is 2.50 bits per heavy atom. The van der Waals surface area contributed by atoms with Crippen LogP contribution in [0.3, 0.4) is 0 Å². The molecule has 128 valence electrons. The molecular weight excluding hydrogens is 370 g/mol. The highest BCUT2D eigenvalue weighted by Gasteiger charge is 2.12. The van der Waals surface area contributed by atoms with E-state index >= 15 is 0 Å². The van der Waals surface area contributed by atoms with Gasteiger partial charge in [0.15, 0.2) is 0 Å². The van der Waals surface area contributed by atoms with Crippen LogP contribution in [0.5, 0.6) is 0 Å². The Kier molecular flexibility index (Phi) is 5.71. The van der Waals surface area contributed by atoms with E-state index in [2.05, 4.69) is 50.4 Å². The molecule has 1 fully saturated rings. The van der Waals surface area contributed by atoms with E-state index in [9.17, 15) is 4.79 Å². The number of amides is 1. The number of hydrogen-bond acceptors (Lipinski definition) is 3. The van der Waals surface area contributed by atoms with Crippen LogP contribution in [0.25, 0.3) is 0 Å². The largest absolute Gasteiger partial charge is 0.379 e. The Bertz CT molecular complexity index is 691. The third-order valence-electron chi connectivity index (χ3n) is 4.19. The molecule has 0 bridgehead atoms. The summed E-state index contributed by atoms with van der Waals surface area (Å²) in [5.41, 5.74) is 3.03. The number of nitrogens with zero attached hydrogens (tertiary/aromatic N) is 2. The summed E-state index contributed by atoms with van der Waals surface area (Å²) in [6, 6.07) is 10.3. The molecule has 1 aromatic heterocycles. The van der Waals surface area contributed by atoms with Crippen molar-refractivity contribution in [1.82, 2.24) is 14.8 Å². The zero-order valence-electron chi connectivity index (χ0n) is 13.8. The first-order valence-corrected chi connectivity index (χ1v) is 8.89. The van der Waals surface area contributed by atoms with Crippen LogP contribution in [-0.2, 0) is 24.9 Å². The Labute approximate surface area is 150 Å². The maximum absolute atomic E-state index is 12.2. The lowest BCUT2D eigenvalue weighted by atomic mass is 10.1. The minimum atomic E-state index is -0.0689. The number of nitrogens with one attached hydrogen (secondary N) is 1. The van der Waals surface area contributed by atoms with Crippen molar-refractivity contribution in [3.8, 4) is 0 Å². The van der Waals surface area contributed by atoms with Crippen molar-refractivity contribution < 1.29 is 9.53 Å². The SMILES string of the molecule is Cn1cc(Br)cc1C(=O)NCc1ccc(CN2CCOCC2)cc1. The first-order valence-electron chi connectivity index (χ1n) is 8.10. The predicted molar refractivity (Wildman–Crippen MR) is 96.8 cm³/mol. The van der Waals surface area contributed by atoms with Gasteiger partial charge in [-0.15, -0.1) is 0 Å². The Hall–Kier alpha value is -1.63. The molecular formula is C18H22BrN3O2. The van der Waals surface area contributed by atoms with E-state index in [1.54, 1.807) is 0 Å². The van der Waals surface area contributed by atoms with E-state index in [0.717, 1.165) is 42.9 Å². The van der Waals surface area contributed by atoms with Crippen LogP contribution in [0.15, 0.2) is 41.0 Å². The summed E-state index contributed by atoms with van der Waals surface area (Å²) in [4.78, 5) is 14.6.